The molecule has 114 valence electrons. The van der Waals surface area contributed by atoms with Gasteiger partial charge in [-0.3, -0.25) is 14.9 Å². The standard InChI is InChI=1S/C13H14F2N2O4/c1-13(19)5-2-6-16(7-13)12(18)10-8(14)3-4-9(11(10)15)17(20)21/h3-4,19H,2,5-7H2,1H3. The number of carbonyl (C=O) groups is 1. The van der Waals surface area contributed by atoms with Gasteiger partial charge in [-0.25, -0.2) is 4.39 Å². The third-order valence-electron chi connectivity index (χ3n) is 3.44. The van der Waals surface area contributed by atoms with Crippen molar-refractivity contribution >= 4 is 11.6 Å². The van der Waals surface area contributed by atoms with Crippen molar-refractivity contribution in [3.8, 4) is 0 Å². The Kier molecular flexibility index (Phi) is 3.91. The molecule has 0 aliphatic carbocycles. The van der Waals surface area contributed by atoms with E-state index in [-0.39, 0.29) is 13.1 Å². The van der Waals surface area contributed by atoms with Gasteiger partial charge < -0.3 is 10.0 Å². The highest BCUT2D eigenvalue weighted by molar-refractivity contribution is 5.95. The van der Waals surface area contributed by atoms with Crippen LogP contribution in [-0.4, -0.2) is 39.5 Å². The van der Waals surface area contributed by atoms with Crippen LogP contribution in [0, 0.1) is 21.7 Å². The number of aliphatic hydroxyl groups is 1. The summed E-state index contributed by atoms with van der Waals surface area (Å²) >= 11 is 0. The van der Waals surface area contributed by atoms with Crippen molar-refractivity contribution in [1.29, 1.82) is 0 Å². The first-order valence-corrected chi connectivity index (χ1v) is 6.37. The van der Waals surface area contributed by atoms with Gasteiger partial charge >= 0.3 is 5.69 Å². The Bertz CT molecular complexity index is 604. The summed E-state index contributed by atoms with van der Waals surface area (Å²) in [6.07, 6.45) is 0.952. The molecular formula is C13H14F2N2O4. The van der Waals surface area contributed by atoms with Crippen LogP contribution in [-0.2, 0) is 0 Å². The number of nitro groups is 1. The summed E-state index contributed by atoms with van der Waals surface area (Å²) < 4.78 is 27.7. The van der Waals surface area contributed by atoms with Gasteiger partial charge in [0.1, 0.15) is 11.4 Å². The second kappa shape index (κ2) is 5.36. The number of carbonyl (C=O) groups excluding carboxylic acids is 1. The molecule has 1 atom stereocenters. The second-order valence-corrected chi connectivity index (χ2v) is 5.34. The lowest BCUT2D eigenvalue weighted by Crippen LogP contribution is -2.49. The van der Waals surface area contributed by atoms with Gasteiger partial charge in [0.25, 0.3) is 5.91 Å². The van der Waals surface area contributed by atoms with Crippen LogP contribution in [0.3, 0.4) is 0 Å². The molecule has 1 N–H and O–H groups in total. The Balaban J connectivity index is 2.39. The molecule has 1 aliphatic heterocycles. The molecule has 0 aromatic heterocycles. The lowest BCUT2D eigenvalue weighted by atomic mass is 9.94. The number of benzene rings is 1. The summed E-state index contributed by atoms with van der Waals surface area (Å²) in [6.45, 7) is 1.68. The molecule has 0 spiro atoms. The van der Waals surface area contributed by atoms with Crippen molar-refractivity contribution < 1.29 is 23.6 Å². The predicted molar refractivity (Wildman–Crippen MR) is 68.8 cm³/mol. The van der Waals surface area contributed by atoms with Gasteiger partial charge in [0.15, 0.2) is 0 Å². The highest BCUT2D eigenvalue weighted by atomic mass is 19.1. The van der Waals surface area contributed by atoms with Crippen LogP contribution in [0.5, 0.6) is 0 Å². The zero-order valence-corrected chi connectivity index (χ0v) is 11.3. The largest absolute Gasteiger partial charge is 0.388 e. The fraction of sp³-hybridized carbons (Fsp3) is 0.462. The van der Waals surface area contributed by atoms with E-state index in [0.29, 0.717) is 25.0 Å². The van der Waals surface area contributed by atoms with E-state index in [2.05, 4.69) is 0 Å². The van der Waals surface area contributed by atoms with Gasteiger partial charge in [-0.1, -0.05) is 0 Å². The Hall–Kier alpha value is -2.09. The topological polar surface area (TPSA) is 83.7 Å². The normalized spacial score (nSPS) is 22.2. The van der Waals surface area contributed by atoms with Gasteiger partial charge in [-0.15, -0.1) is 0 Å². The molecule has 0 radical (unpaired) electrons. The Labute approximate surface area is 119 Å². The molecular weight excluding hydrogens is 286 g/mol. The molecule has 8 heteroatoms. The average molecular weight is 300 g/mol. The number of nitrogens with zero attached hydrogens (tertiary/aromatic N) is 2. The minimum absolute atomic E-state index is 0.0760. The van der Waals surface area contributed by atoms with E-state index in [1.807, 2.05) is 0 Å². The van der Waals surface area contributed by atoms with E-state index in [4.69, 9.17) is 0 Å². The fourth-order valence-corrected chi connectivity index (χ4v) is 2.43. The van der Waals surface area contributed by atoms with Crippen LogP contribution in [0.4, 0.5) is 14.5 Å². The highest BCUT2D eigenvalue weighted by Gasteiger charge is 2.35. The molecule has 0 saturated carbocycles. The first-order chi connectivity index (χ1) is 9.73. The zero-order chi connectivity index (χ0) is 15.8. The number of amides is 1. The molecule has 1 unspecified atom stereocenters. The lowest BCUT2D eigenvalue weighted by molar-refractivity contribution is -0.387. The van der Waals surface area contributed by atoms with Crippen molar-refractivity contribution in [2.75, 3.05) is 13.1 Å². The number of hydrogen-bond acceptors (Lipinski definition) is 4. The van der Waals surface area contributed by atoms with Gasteiger partial charge in [-0.05, 0) is 25.8 Å². The minimum Gasteiger partial charge on any atom is -0.388 e. The van der Waals surface area contributed by atoms with Gasteiger partial charge in [-0.2, -0.15) is 4.39 Å². The number of rotatable bonds is 2. The van der Waals surface area contributed by atoms with E-state index >= 15 is 0 Å². The van der Waals surface area contributed by atoms with Crippen LogP contribution >= 0.6 is 0 Å². The van der Waals surface area contributed by atoms with Gasteiger partial charge in [0.2, 0.25) is 5.82 Å². The van der Waals surface area contributed by atoms with Crippen molar-refractivity contribution in [3.05, 3.63) is 39.4 Å². The molecule has 1 aromatic rings. The van der Waals surface area contributed by atoms with E-state index in [9.17, 15) is 28.8 Å². The summed E-state index contributed by atoms with van der Waals surface area (Å²) in [5.74, 6) is -3.64. The molecule has 1 heterocycles. The molecule has 21 heavy (non-hydrogen) atoms. The number of nitro benzene ring substituents is 1. The van der Waals surface area contributed by atoms with Crippen LogP contribution < -0.4 is 0 Å². The third kappa shape index (κ3) is 2.99. The first kappa shape index (κ1) is 15.3. The summed E-state index contributed by atoms with van der Waals surface area (Å²) in [6, 6.07) is 1.37. The molecule has 1 amide bonds. The number of piperidine rings is 1. The van der Waals surface area contributed by atoms with Crippen LogP contribution in [0.15, 0.2) is 12.1 Å². The summed E-state index contributed by atoms with van der Waals surface area (Å²) in [5.41, 5.74) is -3.05. The SMILES string of the molecule is CC1(O)CCCN(C(=O)c2c(F)ccc([N+](=O)[O-])c2F)C1. The van der Waals surface area contributed by atoms with E-state index in [1.54, 1.807) is 0 Å². The van der Waals surface area contributed by atoms with Crippen LogP contribution in [0.2, 0.25) is 0 Å². The van der Waals surface area contributed by atoms with Crippen molar-refractivity contribution in [2.45, 2.75) is 25.4 Å². The third-order valence-corrected chi connectivity index (χ3v) is 3.44. The molecule has 2 rings (SSSR count). The second-order valence-electron chi connectivity index (χ2n) is 5.34. The van der Waals surface area contributed by atoms with E-state index in [0.717, 1.165) is 4.90 Å². The number of β-amino-alcohol motifs (C(OH)–C–C–N with tert-alkyl or cyclic N) is 1. The highest BCUT2D eigenvalue weighted by Crippen LogP contribution is 2.27. The average Bonchev–Trinajstić information content (AvgIpc) is 2.36. The molecule has 0 bridgehead atoms. The quantitative estimate of drug-likeness (QED) is 0.667. The molecule has 1 fully saturated rings. The maximum absolute atomic E-state index is 14.0. The number of hydrogen-bond donors (Lipinski definition) is 1. The predicted octanol–water partition coefficient (Wildman–Crippen LogP) is 1.86. The van der Waals surface area contributed by atoms with E-state index < -0.39 is 39.3 Å². The summed E-state index contributed by atoms with van der Waals surface area (Å²) in [4.78, 5) is 23.0. The first-order valence-electron chi connectivity index (χ1n) is 6.37. The molecule has 1 aliphatic rings. The van der Waals surface area contributed by atoms with Gasteiger partial charge in [0.05, 0.1) is 10.5 Å². The lowest BCUT2D eigenvalue weighted by Gasteiger charge is -2.36. The number of halogens is 2. The summed E-state index contributed by atoms with van der Waals surface area (Å²) in [5, 5.41) is 20.6. The van der Waals surface area contributed by atoms with Crippen LogP contribution in [0.1, 0.15) is 30.1 Å². The molecule has 1 aromatic carbocycles. The van der Waals surface area contributed by atoms with Crippen LogP contribution in [0.25, 0.3) is 0 Å². The Morgan fingerprint density at radius 3 is 2.71 bits per heavy atom. The summed E-state index contributed by atoms with van der Waals surface area (Å²) in [7, 11) is 0. The van der Waals surface area contributed by atoms with Gasteiger partial charge in [0, 0.05) is 19.2 Å². The maximum Gasteiger partial charge on any atom is 0.305 e. The smallest absolute Gasteiger partial charge is 0.305 e. The molecule has 1 saturated heterocycles. The van der Waals surface area contributed by atoms with Crippen molar-refractivity contribution in [3.63, 3.8) is 0 Å². The zero-order valence-electron chi connectivity index (χ0n) is 11.3. The Morgan fingerprint density at radius 2 is 2.14 bits per heavy atom. The maximum atomic E-state index is 14.0. The van der Waals surface area contributed by atoms with E-state index in [1.165, 1.54) is 6.92 Å². The fourth-order valence-electron chi connectivity index (χ4n) is 2.43. The minimum atomic E-state index is -1.49. The number of likely N-dealkylation sites (tertiary alicyclic amines) is 1. The Morgan fingerprint density at radius 1 is 1.48 bits per heavy atom. The molecule has 6 nitrogen and oxygen atoms in total. The van der Waals surface area contributed by atoms with Crippen molar-refractivity contribution in [2.24, 2.45) is 0 Å². The van der Waals surface area contributed by atoms with Crippen molar-refractivity contribution in [1.82, 2.24) is 4.90 Å². The monoisotopic (exact) mass is 300 g/mol.